The quantitative estimate of drug-likeness (QED) is 0.516. The van der Waals surface area contributed by atoms with Crippen molar-refractivity contribution in [3.05, 3.63) is 0 Å². The van der Waals surface area contributed by atoms with Gasteiger partial charge < -0.3 is 5.32 Å². The van der Waals surface area contributed by atoms with Crippen molar-refractivity contribution in [1.29, 1.82) is 0 Å². The van der Waals surface area contributed by atoms with Gasteiger partial charge >= 0.3 is 0 Å². The van der Waals surface area contributed by atoms with Gasteiger partial charge in [0.05, 0.1) is 0 Å². The van der Waals surface area contributed by atoms with Crippen LogP contribution in [0, 0.1) is 11.8 Å². The number of rotatable bonds is 0. The van der Waals surface area contributed by atoms with E-state index in [-0.39, 0.29) is 0 Å². The minimum absolute atomic E-state index is 0.895. The lowest BCUT2D eigenvalue weighted by Crippen LogP contribution is -2.21. The van der Waals surface area contributed by atoms with Gasteiger partial charge in [-0.05, 0) is 37.6 Å². The zero-order valence-corrected chi connectivity index (χ0v) is 6.06. The summed E-state index contributed by atoms with van der Waals surface area (Å²) in [4.78, 5) is 0. The van der Waals surface area contributed by atoms with Gasteiger partial charge in [-0.15, -0.1) is 0 Å². The maximum absolute atomic E-state index is 3.55. The highest BCUT2D eigenvalue weighted by Crippen LogP contribution is 2.33. The van der Waals surface area contributed by atoms with Gasteiger partial charge in [0.2, 0.25) is 0 Å². The lowest BCUT2D eigenvalue weighted by atomic mass is 9.82. The van der Waals surface area contributed by atoms with Crippen LogP contribution in [-0.4, -0.2) is 12.6 Å². The molecule has 0 aromatic rings. The molecule has 1 nitrogen and oxygen atoms in total. The Morgan fingerprint density at radius 3 is 3.00 bits per heavy atom. The Morgan fingerprint density at radius 2 is 2.22 bits per heavy atom. The van der Waals surface area contributed by atoms with Crippen molar-refractivity contribution >= 4 is 0 Å². The van der Waals surface area contributed by atoms with Gasteiger partial charge in [-0.3, -0.25) is 0 Å². The van der Waals surface area contributed by atoms with Crippen LogP contribution < -0.4 is 5.32 Å². The van der Waals surface area contributed by atoms with Gasteiger partial charge in [-0.25, -0.2) is 0 Å². The van der Waals surface area contributed by atoms with Crippen molar-refractivity contribution in [3.63, 3.8) is 0 Å². The molecule has 9 heavy (non-hydrogen) atoms. The third-order valence-electron chi connectivity index (χ3n) is 3.03. The zero-order valence-electron chi connectivity index (χ0n) is 6.06. The van der Waals surface area contributed by atoms with Crippen molar-refractivity contribution in [3.8, 4) is 0 Å². The topological polar surface area (TPSA) is 12.0 Å². The molecule has 1 aliphatic carbocycles. The van der Waals surface area contributed by atoms with Crippen LogP contribution >= 0.6 is 0 Å². The predicted molar refractivity (Wildman–Crippen MR) is 38.3 cm³/mol. The molecule has 1 saturated heterocycles. The van der Waals surface area contributed by atoms with Crippen molar-refractivity contribution in [2.75, 3.05) is 6.54 Å². The number of hydrogen-bond acceptors (Lipinski definition) is 1. The zero-order chi connectivity index (χ0) is 6.27. The average molecular weight is 125 g/mol. The fraction of sp³-hybridized carbons (Fsp3) is 1.00. The maximum Gasteiger partial charge on any atom is 0.00704 e. The first-order valence-electron chi connectivity index (χ1n) is 4.09. The fourth-order valence-electron chi connectivity index (χ4n) is 2.20. The third-order valence-corrected chi connectivity index (χ3v) is 3.03. The van der Waals surface area contributed by atoms with Crippen molar-refractivity contribution in [2.24, 2.45) is 11.8 Å². The van der Waals surface area contributed by atoms with Crippen LogP contribution in [0.3, 0.4) is 0 Å². The van der Waals surface area contributed by atoms with Gasteiger partial charge in [0.25, 0.3) is 0 Å². The summed E-state index contributed by atoms with van der Waals surface area (Å²) in [6, 6.07) is 0.895. The molecule has 3 atom stereocenters. The maximum atomic E-state index is 3.55. The summed E-state index contributed by atoms with van der Waals surface area (Å²) in [6.07, 6.45) is 4.35. The van der Waals surface area contributed by atoms with E-state index in [0.29, 0.717) is 0 Å². The second-order valence-electron chi connectivity index (χ2n) is 3.66. The Kier molecular flexibility index (Phi) is 1.26. The van der Waals surface area contributed by atoms with Gasteiger partial charge in [0.15, 0.2) is 0 Å². The van der Waals surface area contributed by atoms with E-state index < -0.39 is 0 Å². The monoisotopic (exact) mass is 125 g/mol. The molecular formula is C8H15N. The Bertz CT molecular complexity index is 111. The van der Waals surface area contributed by atoms with E-state index in [4.69, 9.17) is 0 Å². The normalized spacial score (nSPS) is 49.7. The summed E-state index contributed by atoms with van der Waals surface area (Å²) in [5.74, 6) is 2.01. The van der Waals surface area contributed by atoms with Crippen LogP contribution in [0.4, 0.5) is 0 Å². The van der Waals surface area contributed by atoms with Crippen molar-refractivity contribution < 1.29 is 0 Å². The predicted octanol–water partition coefficient (Wildman–Crippen LogP) is 1.39. The smallest absolute Gasteiger partial charge is 0.00704 e. The minimum atomic E-state index is 0.895. The molecule has 1 heterocycles. The van der Waals surface area contributed by atoms with Crippen LogP contribution in [0.15, 0.2) is 0 Å². The lowest BCUT2D eigenvalue weighted by molar-refractivity contribution is 0.301. The summed E-state index contributed by atoms with van der Waals surface area (Å²) < 4.78 is 0. The van der Waals surface area contributed by atoms with Crippen molar-refractivity contribution in [2.45, 2.75) is 32.2 Å². The fourth-order valence-corrected chi connectivity index (χ4v) is 2.20. The molecule has 2 fully saturated rings. The standard InChI is InChI=1S/C8H15N/c1-6-2-3-8-4-7(6)5-9-8/h6-9H,2-5H2,1H3. The van der Waals surface area contributed by atoms with E-state index in [1.54, 1.807) is 0 Å². The van der Waals surface area contributed by atoms with Crippen LogP contribution in [-0.2, 0) is 0 Å². The summed E-state index contributed by atoms with van der Waals surface area (Å²) in [6.45, 7) is 3.69. The molecule has 0 spiro atoms. The van der Waals surface area contributed by atoms with Crippen molar-refractivity contribution in [1.82, 2.24) is 5.32 Å². The average Bonchev–Trinajstić information content (AvgIpc) is 2.25. The van der Waals surface area contributed by atoms with Crippen LogP contribution in [0.25, 0.3) is 0 Å². The summed E-state index contributed by atoms with van der Waals surface area (Å²) in [5.41, 5.74) is 0. The summed E-state index contributed by atoms with van der Waals surface area (Å²) in [7, 11) is 0. The van der Waals surface area contributed by atoms with E-state index in [2.05, 4.69) is 12.2 Å². The highest BCUT2D eigenvalue weighted by Gasteiger charge is 2.32. The Morgan fingerprint density at radius 1 is 1.33 bits per heavy atom. The highest BCUT2D eigenvalue weighted by molar-refractivity contribution is 4.89. The molecule has 1 aliphatic heterocycles. The van der Waals surface area contributed by atoms with Gasteiger partial charge in [0.1, 0.15) is 0 Å². The number of fused-ring (bicyclic) bond motifs is 2. The van der Waals surface area contributed by atoms with Gasteiger partial charge in [-0.1, -0.05) is 6.92 Å². The number of nitrogens with one attached hydrogen (secondary N) is 1. The van der Waals surface area contributed by atoms with Crippen LogP contribution in [0.1, 0.15) is 26.2 Å². The van der Waals surface area contributed by atoms with E-state index in [0.717, 1.165) is 17.9 Å². The molecule has 2 bridgehead atoms. The molecule has 0 radical (unpaired) electrons. The minimum Gasteiger partial charge on any atom is -0.314 e. The summed E-state index contributed by atoms with van der Waals surface area (Å²) in [5, 5.41) is 3.55. The van der Waals surface area contributed by atoms with E-state index in [9.17, 15) is 0 Å². The second kappa shape index (κ2) is 1.98. The van der Waals surface area contributed by atoms with Gasteiger partial charge in [0, 0.05) is 6.04 Å². The Hall–Kier alpha value is -0.0400. The Labute approximate surface area is 56.8 Å². The molecule has 0 amide bonds. The third kappa shape index (κ3) is 0.877. The summed E-state index contributed by atoms with van der Waals surface area (Å²) >= 11 is 0. The molecule has 1 N–H and O–H groups in total. The molecule has 52 valence electrons. The molecule has 2 rings (SSSR count). The first-order chi connectivity index (χ1) is 4.36. The van der Waals surface area contributed by atoms with Crippen LogP contribution in [0.5, 0.6) is 0 Å². The lowest BCUT2D eigenvalue weighted by Gasteiger charge is -2.23. The van der Waals surface area contributed by atoms with Crippen LogP contribution in [0.2, 0.25) is 0 Å². The first-order valence-corrected chi connectivity index (χ1v) is 4.09. The second-order valence-corrected chi connectivity index (χ2v) is 3.66. The first kappa shape index (κ1) is 5.72. The molecule has 1 saturated carbocycles. The molecule has 3 unspecified atom stereocenters. The van der Waals surface area contributed by atoms with Gasteiger partial charge in [-0.2, -0.15) is 0 Å². The molecule has 0 aromatic carbocycles. The highest BCUT2D eigenvalue weighted by atomic mass is 15.0. The number of hydrogen-bond donors (Lipinski definition) is 1. The molecular weight excluding hydrogens is 110 g/mol. The van der Waals surface area contributed by atoms with E-state index >= 15 is 0 Å². The van der Waals surface area contributed by atoms with E-state index in [1.165, 1.54) is 25.8 Å². The SMILES string of the molecule is CC1CCC2CC1CN2. The molecule has 2 aliphatic rings. The molecule has 0 aromatic heterocycles. The molecule has 1 heteroatoms. The van der Waals surface area contributed by atoms with E-state index in [1.807, 2.05) is 0 Å². The Balaban J connectivity index is 2.05. The largest absolute Gasteiger partial charge is 0.314 e.